The fourth-order valence-electron chi connectivity index (χ4n) is 5.10. The Morgan fingerprint density at radius 2 is 0.854 bits per heavy atom. The zero-order valence-corrected chi connectivity index (χ0v) is 37.8. The van der Waals surface area contributed by atoms with E-state index in [1.165, 1.54) is 24.9 Å². The van der Waals surface area contributed by atoms with Crippen LogP contribution in [-0.4, -0.2) is 93.6 Å². The number of unbranched alkanes of at least 4 members (excludes halogenated alkanes) is 1. The monoisotopic (exact) mass is 730 g/mol. The van der Waals surface area contributed by atoms with Gasteiger partial charge < -0.3 is 33.5 Å². The number of rotatable bonds is 26. The fourth-order valence-corrected chi connectivity index (χ4v) is 34.2. The molecule has 0 N–H and O–H groups in total. The van der Waals surface area contributed by atoms with Crippen LogP contribution in [0.25, 0.3) is 0 Å². The molecule has 6 radical (unpaired) electrons. The molecule has 0 atom stereocenters. The van der Waals surface area contributed by atoms with E-state index in [2.05, 4.69) is 59.3 Å². The lowest BCUT2D eigenvalue weighted by Crippen LogP contribution is -2.58. The van der Waals surface area contributed by atoms with Crippen LogP contribution < -0.4 is 0 Å². The van der Waals surface area contributed by atoms with Crippen LogP contribution in [0, 0.1) is 0 Å². The van der Waals surface area contributed by atoms with Crippen LogP contribution in [0.1, 0.15) is 40.0 Å². The third kappa shape index (κ3) is 18.4. The average Bonchev–Trinajstić information content (AvgIpc) is 2.80. The van der Waals surface area contributed by atoms with Gasteiger partial charge in [0.1, 0.15) is 0 Å². The first-order valence-electron chi connectivity index (χ1n) is 15.3. The Kier molecular flexibility index (Phi) is 20.8. The van der Waals surface area contributed by atoms with Gasteiger partial charge in [0.2, 0.25) is 29.3 Å². The van der Waals surface area contributed by atoms with Gasteiger partial charge >= 0.3 is 17.9 Å². The molecule has 0 saturated carbocycles. The zero-order chi connectivity index (χ0) is 31.8. The van der Waals surface area contributed by atoms with Crippen LogP contribution in [0.5, 0.6) is 0 Å². The summed E-state index contributed by atoms with van der Waals surface area (Å²) in [4.78, 5) is 0. The van der Waals surface area contributed by atoms with Gasteiger partial charge in [0.15, 0.2) is 33.3 Å². The second-order valence-electron chi connectivity index (χ2n) is 12.8. The van der Waals surface area contributed by atoms with Gasteiger partial charge in [-0.15, -0.1) is 0 Å². The molecule has 0 spiro atoms. The lowest BCUT2D eigenvalue weighted by atomic mass is 10.4. The van der Waals surface area contributed by atoms with Gasteiger partial charge in [-0.25, -0.2) is 0 Å². The van der Waals surface area contributed by atoms with Gasteiger partial charge in [0.05, 0.1) is 0 Å². The standard InChI is InChI=1S/C24H62O8Si9/c1-15-20-36(7,8)30-37(9,10)21-18-19-22-38(11,12)31-40(25-16-2,26-17-3)24-23-39(13,14)32-41(27-33-4,28-34-5)29-35-6/h15-24H2,1-14H3. The summed E-state index contributed by atoms with van der Waals surface area (Å²) >= 11 is 0. The summed E-state index contributed by atoms with van der Waals surface area (Å²) in [6.45, 7) is 32.0. The smallest absolute Gasteiger partial charge is 0.455 e. The van der Waals surface area contributed by atoms with Gasteiger partial charge in [-0.05, 0) is 110 Å². The molecule has 0 amide bonds. The van der Waals surface area contributed by atoms with Crippen molar-refractivity contribution in [3.05, 3.63) is 0 Å². The maximum Gasteiger partial charge on any atom is 0.636 e. The van der Waals surface area contributed by atoms with Crippen molar-refractivity contribution in [2.24, 2.45) is 0 Å². The summed E-state index contributed by atoms with van der Waals surface area (Å²) in [5.41, 5.74) is 0. The van der Waals surface area contributed by atoms with Crippen molar-refractivity contribution in [3.8, 4) is 0 Å². The van der Waals surface area contributed by atoms with E-state index in [0.29, 0.717) is 13.2 Å². The molecule has 0 aromatic heterocycles. The Balaban J connectivity index is 5.45. The van der Waals surface area contributed by atoms with E-state index >= 15 is 0 Å². The molecule has 0 aromatic rings. The molecular weight excluding hydrogens is 669 g/mol. The molecule has 0 aliphatic carbocycles. The second-order valence-corrected chi connectivity index (χ2v) is 38.4. The highest BCUT2D eigenvalue weighted by molar-refractivity contribution is 6.85. The minimum atomic E-state index is -3.17. The largest absolute Gasteiger partial charge is 0.636 e. The summed E-state index contributed by atoms with van der Waals surface area (Å²) < 4.78 is 51.5. The van der Waals surface area contributed by atoms with Crippen molar-refractivity contribution >= 4 is 80.4 Å². The molecule has 0 aliphatic heterocycles. The molecule has 17 heteroatoms. The lowest BCUT2D eigenvalue weighted by molar-refractivity contribution is 0.114. The highest BCUT2D eigenvalue weighted by Gasteiger charge is 2.51. The van der Waals surface area contributed by atoms with E-state index in [9.17, 15) is 0 Å². The van der Waals surface area contributed by atoms with Crippen molar-refractivity contribution in [3.63, 3.8) is 0 Å². The Bertz CT molecular complexity index is 679. The summed E-state index contributed by atoms with van der Waals surface area (Å²) in [5, 5.41) is 0. The lowest BCUT2D eigenvalue weighted by Gasteiger charge is -2.39. The summed E-state index contributed by atoms with van der Waals surface area (Å²) in [6, 6.07) is 5.11. The molecule has 242 valence electrons. The molecule has 0 rings (SSSR count). The van der Waals surface area contributed by atoms with E-state index in [0.717, 1.165) is 24.6 Å². The number of hydrogen-bond acceptors (Lipinski definition) is 8. The maximum absolute atomic E-state index is 7.03. The van der Waals surface area contributed by atoms with Crippen LogP contribution >= 0.6 is 0 Å². The fraction of sp³-hybridized carbons (Fsp3) is 1.00. The van der Waals surface area contributed by atoms with E-state index in [1.54, 1.807) is 0 Å². The maximum atomic E-state index is 7.03. The third-order valence-electron chi connectivity index (χ3n) is 6.49. The van der Waals surface area contributed by atoms with Gasteiger partial charge in [0, 0.05) is 19.3 Å². The quantitative estimate of drug-likeness (QED) is 0.0668. The highest BCUT2D eigenvalue weighted by Crippen LogP contribution is 2.32. The Labute approximate surface area is 268 Å². The normalized spacial score (nSPS) is 14.2. The molecule has 41 heavy (non-hydrogen) atoms. The predicted molar refractivity (Wildman–Crippen MR) is 190 cm³/mol. The first-order valence-corrected chi connectivity index (χ1v) is 35.6. The minimum absolute atomic E-state index is 0.245. The molecule has 0 aromatic carbocycles. The van der Waals surface area contributed by atoms with Crippen LogP contribution in [0.3, 0.4) is 0 Å². The van der Waals surface area contributed by atoms with E-state index in [1.807, 2.05) is 33.5 Å². The van der Waals surface area contributed by atoms with Crippen molar-refractivity contribution in [2.75, 3.05) is 13.2 Å². The molecular formula is C24H62O8Si9. The Hall–Kier alpha value is 1.63. The topological polar surface area (TPSA) is 73.8 Å². The van der Waals surface area contributed by atoms with Crippen LogP contribution in [0.15, 0.2) is 0 Å². The van der Waals surface area contributed by atoms with E-state index in [4.69, 9.17) is 33.5 Å². The third-order valence-corrected chi connectivity index (χ3v) is 32.1. The van der Waals surface area contributed by atoms with E-state index < -0.39 is 51.1 Å². The Morgan fingerprint density at radius 3 is 1.24 bits per heavy atom. The molecule has 0 fully saturated rings. The zero-order valence-electron chi connectivity index (χ0n) is 28.8. The van der Waals surface area contributed by atoms with Crippen LogP contribution in [0.4, 0.5) is 0 Å². The summed E-state index contributed by atoms with van der Waals surface area (Å²) in [7, 11) is -12.9. The summed E-state index contributed by atoms with van der Waals surface area (Å²) in [6.07, 6.45) is 3.57. The summed E-state index contributed by atoms with van der Waals surface area (Å²) in [5.74, 6) is 0. The highest BCUT2D eigenvalue weighted by atomic mass is 28.5. The van der Waals surface area contributed by atoms with Gasteiger partial charge in [-0.2, -0.15) is 0 Å². The SMILES string of the molecule is CCC[Si](C)(C)O[Si](C)(C)CCCC[Si](C)(C)O[Si](CC[Si](C)(C)O[Si](O[Si]C)(O[Si]C)O[Si]C)(OCC)OCC. The molecule has 0 saturated heterocycles. The molecule has 0 aliphatic rings. The molecule has 0 unspecified atom stereocenters. The second kappa shape index (κ2) is 20.0. The molecule has 0 heterocycles. The van der Waals surface area contributed by atoms with Crippen molar-refractivity contribution in [1.29, 1.82) is 0 Å². The molecule has 8 nitrogen and oxygen atoms in total. The minimum Gasteiger partial charge on any atom is -0.455 e. The Morgan fingerprint density at radius 1 is 0.463 bits per heavy atom. The van der Waals surface area contributed by atoms with Gasteiger partial charge in [-0.3, -0.25) is 0 Å². The van der Waals surface area contributed by atoms with Gasteiger partial charge in [-0.1, -0.05) is 26.2 Å². The van der Waals surface area contributed by atoms with Crippen LogP contribution in [-0.2, 0) is 33.5 Å². The van der Waals surface area contributed by atoms with Crippen molar-refractivity contribution < 1.29 is 33.5 Å². The molecule has 0 bridgehead atoms. The first-order chi connectivity index (χ1) is 18.9. The van der Waals surface area contributed by atoms with Crippen molar-refractivity contribution in [1.82, 2.24) is 0 Å². The van der Waals surface area contributed by atoms with Gasteiger partial charge in [0.25, 0.3) is 0 Å². The first kappa shape index (κ1) is 42.6. The predicted octanol–water partition coefficient (Wildman–Crippen LogP) is 7.55. The number of hydrogen-bond donors (Lipinski definition) is 0. The average molecular weight is 732 g/mol. The van der Waals surface area contributed by atoms with E-state index in [-0.39, 0.29) is 29.3 Å². The van der Waals surface area contributed by atoms with Crippen LogP contribution in [0.2, 0.25) is 102 Å². The van der Waals surface area contributed by atoms with Crippen molar-refractivity contribution in [2.45, 2.75) is 142 Å².